The highest BCUT2D eigenvalue weighted by Gasteiger charge is 2.12. The summed E-state index contributed by atoms with van der Waals surface area (Å²) in [6.07, 6.45) is 2.08. The van der Waals surface area contributed by atoms with Crippen LogP contribution in [0.2, 0.25) is 5.02 Å². The van der Waals surface area contributed by atoms with E-state index in [2.05, 4.69) is 15.8 Å². The average molecular weight is 384 g/mol. The van der Waals surface area contributed by atoms with E-state index >= 15 is 0 Å². The van der Waals surface area contributed by atoms with Gasteiger partial charge in [0.2, 0.25) is 5.91 Å². The van der Waals surface area contributed by atoms with Crippen molar-refractivity contribution in [3.05, 3.63) is 76.8 Å². The fourth-order valence-electron chi connectivity index (χ4n) is 2.40. The number of halogens is 1. The molecule has 1 heterocycles. The Hall–Kier alpha value is -3.12. The molecule has 0 radical (unpaired) electrons. The highest BCUT2D eigenvalue weighted by atomic mass is 35.5. The van der Waals surface area contributed by atoms with Gasteiger partial charge in [-0.3, -0.25) is 20.4 Å². The molecule has 1 aromatic heterocycles. The lowest BCUT2D eigenvalue weighted by Crippen LogP contribution is -2.41. The number of benzene rings is 2. The van der Waals surface area contributed by atoms with E-state index < -0.39 is 5.91 Å². The SMILES string of the molecule is Cc1ccc(-c2cnc(CCC(=O)NNC(=O)c3ccccc3Cl)o2)cc1. The van der Waals surface area contributed by atoms with E-state index in [9.17, 15) is 9.59 Å². The number of hydrogen-bond donors (Lipinski definition) is 2. The molecule has 0 saturated heterocycles. The summed E-state index contributed by atoms with van der Waals surface area (Å²) in [5.41, 5.74) is 7.07. The molecule has 0 aliphatic heterocycles. The molecule has 3 aromatic rings. The summed E-state index contributed by atoms with van der Waals surface area (Å²) < 4.78 is 5.67. The van der Waals surface area contributed by atoms with Crippen LogP contribution in [0, 0.1) is 6.92 Å². The van der Waals surface area contributed by atoms with Crippen LogP contribution in [0.25, 0.3) is 11.3 Å². The van der Waals surface area contributed by atoms with Crippen LogP contribution in [-0.2, 0) is 11.2 Å². The quantitative estimate of drug-likeness (QED) is 0.658. The molecule has 0 aliphatic carbocycles. The summed E-state index contributed by atoms with van der Waals surface area (Å²) in [6.45, 7) is 2.01. The van der Waals surface area contributed by atoms with Crippen molar-refractivity contribution in [2.75, 3.05) is 0 Å². The van der Waals surface area contributed by atoms with Crippen LogP contribution in [0.4, 0.5) is 0 Å². The van der Waals surface area contributed by atoms with Crippen LogP contribution in [0.15, 0.2) is 59.1 Å². The van der Waals surface area contributed by atoms with E-state index in [4.69, 9.17) is 16.0 Å². The van der Waals surface area contributed by atoms with Gasteiger partial charge >= 0.3 is 0 Å². The number of aryl methyl sites for hydroxylation is 2. The van der Waals surface area contributed by atoms with E-state index in [1.807, 2.05) is 31.2 Å². The number of amides is 2. The van der Waals surface area contributed by atoms with Gasteiger partial charge in [-0.25, -0.2) is 4.98 Å². The van der Waals surface area contributed by atoms with Gasteiger partial charge in [-0.05, 0) is 19.1 Å². The van der Waals surface area contributed by atoms with Crippen LogP contribution < -0.4 is 10.9 Å². The Balaban J connectivity index is 1.49. The largest absolute Gasteiger partial charge is 0.441 e. The Bertz CT molecular complexity index is 951. The number of carbonyl (C=O) groups excluding carboxylic acids is 2. The van der Waals surface area contributed by atoms with Gasteiger partial charge < -0.3 is 4.42 Å². The maximum Gasteiger partial charge on any atom is 0.271 e. The maximum atomic E-state index is 12.0. The topological polar surface area (TPSA) is 84.2 Å². The number of nitrogens with zero attached hydrogens (tertiary/aromatic N) is 1. The molecule has 2 amide bonds. The van der Waals surface area contributed by atoms with Crippen LogP contribution in [0.3, 0.4) is 0 Å². The highest BCUT2D eigenvalue weighted by Crippen LogP contribution is 2.21. The standard InChI is InChI=1S/C20H18ClN3O3/c1-13-6-8-14(9-7-13)17-12-22-19(27-17)11-10-18(25)23-24-20(26)15-4-2-3-5-16(15)21/h2-9,12H,10-11H2,1H3,(H,23,25)(H,24,26). The number of hydrazine groups is 1. The average Bonchev–Trinajstić information content (AvgIpc) is 3.14. The first-order chi connectivity index (χ1) is 13.0. The molecule has 0 fully saturated rings. The minimum atomic E-state index is -0.480. The first kappa shape index (κ1) is 18.7. The minimum Gasteiger partial charge on any atom is -0.441 e. The van der Waals surface area contributed by atoms with Gasteiger partial charge in [0.15, 0.2) is 11.7 Å². The lowest BCUT2D eigenvalue weighted by atomic mass is 10.1. The van der Waals surface area contributed by atoms with Crippen molar-refractivity contribution in [2.45, 2.75) is 19.8 Å². The zero-order valence-corrected chi connectivity index (χ0v) is 15.4. The van der Waals surface area contributed by atoms with Gasteiger partial charge in [0.1, 0.15) is 0 Å². The number of nitrogens with one attached hydrogen (secondary N) is 2. The number of rotatable bonds is 5. The molecule has 7 heteroatoms. The molecule has 27 heavy (non-hydrogen) atoms. The second-order valence-electron chi connectivity index (χ2n) is 5.97. The monoisotopic (exact) mass is 383 g/mol. The normalized spacial score (nSPS) is 10.4. The third kappa shape index (κ3) is 4.95. The summed E-state index contributed by atoms with van der Waals surface area (Å²) in [5.74, 6) is 0.271. The van der Waals surface area contributed by atoms with Gasteiger partial charge in [0, 0.05) is 18.4 Å². The number of carbonyl (C=O) groups is 2. The van der Waals surface area contributed by atoms with Gasteiger partial charge in [0.25, 0.3) is 5.91 Å². The summed E-state index contributed by atoms with van der Waals surface area (Å²) >= 11 is 5.94. The smallest absolute Gasteiger partial charge is 0.271 e. The maximum absolute atomic E-state index is 12.0. The van der Waals surface area contributed by atoms with Crippen molar-refractivity contribution in [1.29, 1.82) is 0 Å². The van der Waals surface area contributed by atoms with Crippen LogP contribution >= 0.6 is 11.6 Å². The number of oxazole rings is 1. The van der Waals surface area contributed by atoms with Gasteiger partial charge in [-0.2, -0.15) is 0 Å². The molecule has 2 aromatic carbocycles. The van der Waals surface area contributed by atoms with Gasteiger partial charge in [-0.15, -0.1) is 0 Å². The molecule has 3 rings (SSSR count). The zero-order chi connectivity index (χ0) is 19.2. The Morgan fingerprint density at radius 3 is 2.56 bits per heavy atom. The van der Waals surface area contributed by atoms with Crippen molar-refractivity contribution in [1.82, 2.24) is 15.8 Å². The van der Waals surface area contributed by atoms with Crippen molar-refractivity contribution in [3.8, 4) is 11.3 Å². The fraction of sp³-hybridized carbons (Fsp3) is 0.150. The second kappa shape index (κ2) is 8.51. The molecule has 0 unspecified atom stereocenters. The summed E-state index contributed by atoms with van der Waals surface area (Å²) in [4.78, 5) is 28.1. The molecule has 0 bridgehead atoms. The molecule has 138 valence electrons. The first-order valence-corrected chi connectivity index (χ1v) is 8.76. The summed E-state index contributed by atoms with van der Waals surface area (Å²) in [5, 5.41) is 0.313. The first-order valence-electron chi connectivity index (χ1n) is 8.38. The van der Waals surface area contributed by atoms with E-state index in [-0.39, 0.29) is 17.9 Å². The number of aromatic nitrogens is 1. The molecule has 2 N–H and O–H groups in total. The molecule has 0 saturated carbocycles. The van der Waals surface area contributed by atoms with Crippen molar-refractivity contribution < 1.29 is 14.0 Å². The third-order valence-electron chi connectivity index (χ3n) is 3.89. The molecule has 0 aliphatic rings. The number of hydrogen-bond acceptors (Lipinski definition) is 4. The van der Waals surface area contributed by atoms with Crippen LogP contribution in [0.1, 0.15) is 28.2 Å². The van der Waals surface area contributed by atoms with Crippen molar-refractivity contribution in [3.63, 3.8) is 0 Å². The Kier molecular flexibility index (Phi) is 5.88. The fourth-order valence-corrected chi connectivity index (χ4v) is 2.62. The second-order valence-corrected chi connectivity index (χ2v) is 6.37. The lowest BCUT2D eigenvalue weighted by Gasteiger charge is -2.07. The third-order valence-corrected chi connectivity index (χ3v) is 4.22. The Labute approximate surface area is 161 Å². The minimum absolute atomic E-state index is 0.122. The van der Waals surface area contributed by atoms with E-state index in [0.717, 1.165) is 11.1 Å². The van der Waals surface area contributed by atoms with Crippen LogP contribution in [0.5, 0.6) is 0 Å². The molecular formula is C20H18ClN3O3. The Morgan fingerprint density at radius 1 is 1.07 bits per heavy atom. The van der Waals surface area contributed by atoms with E-state index in [0.29, 0.717) is 23.1 Å². The van der Waals surface area contributed by atoms with E-state index in [1.54, 1.807) is 30.5 Å². The lowest BCUT2D eigenvalue weighted by molar-refractivity contribution is -0.121. The Morgan fingerprint density at radius 2 is 1.81 bits per heavy atom. The molecule has 0 atom stereocenters. The molecule has 0 spiro atoms. The predicted molar refractivity (Wildman–Crippen MR) is 102 cm³/mol. The van der Waals surface area contributed by atoms with Gasteiger partial charge in [-0.1, -0.05) is 53.6 Å². The van der Waals surface area contributed by atoms with E-state index in [1.165, 1.54) is 0 Å². The van der Waals surface area contributed by atoms with Crippen LogP contribution in [-0.4, -0.2) is 16.8 Å². The van der Waals surface area contributed by atoms with Gasteiger partial charge in [0.05, 0.1) is 16.8 Å². The van der Waals surface area contributed by atoms with Crippen molar-refractivity contribution in [2.24, 2.45) is 0 Å². The zero-order valence-electron chi connectivity index (χ0n) is 14.7. The highest BCUT2D eigenvalue weighted by molar-refractivity contribution is 6.33. The summed E-state index contributed by atoms with van der Waals surface area (Å²) in [6, 6.07) is 14.5. The summed E-state index contributed by atoms with van der Waals surface area (Å²) in [7, 11) is 0. The molecule has 6 nitrogen and oxygen atoms in total. The van der Waals surface area contributed by atoms with Crippen molar-refractivity contribution >= 4 is 23.4 Å². The molecular weight excluding hydrogens is 366 g/mol. The predicted octanol–water partition coefficient (Wildman–Crippen LogP) is 3.70.